The van der Waals surface area contributed by atoms with Crippen LogP contribution in [0.25, 0.3) is 0 Å². The highest BCUT2D eigenvalue weighted by Gasteiger charge is 2.12. The zero-order chi connectivity index (χ0) is 14.0. The Bertz CT molecular complexity index is 630. The number of hydrogen-bond acceptors (Lipinski definition) is 4. The molecule has 1 aromatic carbocycles. The molecule has 0 aliphatic rings. The van der Waals surface area contributed by atoms with Crippen LogP contribution in [0.3, 0.4) is 0 Å². The number of benzene rings is 1. The summed E-state index contributed by atoms with van der Waals surface area (Å²) < 4.78 is 27.7. The van der Waals surface area contributed by atoms with E-state index in [0.29, 0.717) is 6.07 Å². The molecule has 1 heterocycles. The third-order valence-corrected chi connectivity index (χ3v) is 2.75. The molecule has 19 heavy (non-hydrogen) atoms. The Morgan fingerprint density at radius 1 is 1.42 bits per heavy atom. The Hall–Kier alpha value is -2.03. The SMILES string of the molecule is Nc1ncn(CC(=O)Nc2cc(Br)c(F)cc2F)n1. The highest BCUT2D eigenvalue weighted by molar-refractivity contribution is 9.10. The lowest BCUT2D eigenvalue weighted by molar-refractivity contribution is -0.116. The number of rotatable bonds is 3. The minimum Gasteiger partial charge on any atom is -0.367 e. The number of amides is 1. The molecule has 2 rings (SSSR count). The molecular formula is C10H8BrF2N5O. The first kappa shape index (κ1) is 13.4. The minimum atomic E-state index is -0.868. The van der Waals surface area contributed by atoms with Gasteiger partial charge in [0, 0.05) is 6.07 Å². The molecule has 0 atom stereocenters. The quantitative estimate of drug-likeness (QED) is 0.835. The lowest BCUT2D eigenvalue weighted by Crippen LogP contribution is -2.20. The summed E-state index contributed by atoms with van der Waals surface area (Å²) in [6, 6.07) is 1.81. The molecule has 0 aliphatic heterocycles. The van der Waals surface area contributed by atoms with Gasteiger partial charge in [0.1, 0.15) is 24.5 Å². The van der Waals surface area contributed by atoms with Crippen LogP contribution >= 0.6 is 15.9 Å². The Kier molecular flexibility index (Phi) is 3.74. The van der Waals surface area contributed by atoms with Crippen molar-refractivity contribution in [1.29, 1.82) is 0 Å². The second-order valence-corrected chi connectivity index (χ2v) is 4.45. The van der Waals surface area contributed by atoms with Gasteiger partial charge >= 0.3 is 0 Å². The number of halogens is 3. The molecule has 3 N–H and O–H groups in total. The van der Waals surface area contributed by atoms with Gasteiger partial charge in [0.05, 0.1) is 10.2 Å². The van der Waals surface area contributed by atoms with E-state index < -0.39 is 17.5 Å². The van der Waals surface area contributed by atoms with E-state index in [1.54, 1.807) is 0 Å². The molecule has 0 aliphatic carbocycles. The van der Waals surface area contributed by atoms with Gasteiger partial charge in [-0.05, 0) is 22.0 Å². The lowest BCUT2D eigenvalue weighted by Gasteiger charge is -2.07. The van der Waals surface area contributed by atoms with Gasteiger partial charge in [-0.2, -0.15) is 0 Å². The molecule has 6 nitrogen and oxygen atoms in total. The van der Waals surface area contributed by atoms with Crippen LogP contribution < -0.4 is 11.1 Å². The molecule has 2 aromatic rings. The van der Waals surface area contributed by atoms with E-state index in [1.807, 2.05) is 0 Å². The summed E-state index contributed by atoms with van der Waals surface area (Å²) >= 11 is 2.90. The van der Waals surface area contributed by atoms with Crippen molar-refractivity contribution in [2.75, 3.05) is 11.1 Å². The van der Waals surface area contributed by atoms with Crippen LogP contribution in [0.2, 0.25) is 0 Å². The van der Waals surface area contributed by atoms with Gasteiger partial charge in [0.2, 0.25) is 11.9 Å². The Morgan fingerprint density at radius 3 is 2.79 bits per heavy atom. The summed E-state index contributed by atoms with van der Waals surface area (Å²) in [4.78, 5) is 15.3. The fraction of sp³-hybridized carbons (Fsp3) is 0.100. The Balaban J connectivity index is 2.09. The predicted octanol–water partition coefficient (Wildman–Crippen LogP) is 1.54. The molecule has 0 radical (unpaired) electrons. The van der Waals surface area contributed by atoms with Crippen molar-refractivity contribution in [3.63, 3.8) is 0 Å². The molecule has 9 heteroatoms. The maximum atomic E-state index is 13.4. The van der Waals surface area contributed by atoms with Crippen molar-refractivity contribution in [3.8, 4) is 0 Å². The highest BCUT2D eigenvalue weighted by atomic mass is 79.9. The average molecular weight is 332 g/mol. The first-order valence-corrected chi connectivity index (χ1v) is 5.84. The first-order valence-electron chi connectivity index (χ1n) is 5.05. The maximum absolute atomic E-state index is 13.4. The molecule has 0 saturated carbocycles. The van der Waals surface area contributed by atoms with Crippen LogP contribution in [-0.2, 0) is 11.3 Å². The van der Waals surface area contributed by atoms with Crippen LogP contribution in [0.15, 0.2) is 22.9 Å². The smallest absolute Gasteiger partial charge is 0.246 e. The molecule has 0 fully saturated rings. The molecular weight excluding hydrogens is 324 g/mol. The third-order valence-electron chi connectivity index (χ3n) is 2.14. The zero-order valence-electron chi connectivity index (χ0n) is 9.40. The fourth-order valence-electron chi connectivity index (χ4n) is 1.34. The van der Waals surface area contributed by atoms with Gasteiger partial charge in [-0.15, -0.1) is 5.10 Å². The summed E-state index contributed by atoms with van der Waals surface area (Å²) in [5.41, 5.74) is 5.15. The largest absolute Gasteiger partial charge is 0.367 e. The number of nitrogens with two attached hydrogens (primary N) is 1. The summed E-state index contributed by atoms with van der Waals surface area (Å²) in [6.45, 7) is -0.182. The molecule has 0 bridgehead atoms. The number of aromatic nitrogens is 3. The average Bonchev–Trinajstić information content (AvgIpc) is 2.71. The molecule has 1 amide bonds. The maximum Gasteiger partial charge on any atom is 0.246 e. The van der Waals surface area contributed by atoms with Crippen molar-refractivity contribution in [2.24, 2.45) is 0 Å². The van der Waals surface area contributed by atoms with E-state index in [4.69, 9.17) is 5.73 Å². The lowest BCUT2D eigenvalue weighted by atomic mass is 10.3. The Morgan fingerprint density at radius 2 is 2.16 bits per heavy atom. The summed E-state index contributed by atoms with van der Waals surface area (Å²) in [7, 11) is 0. The highest BCUT2D eigenvalue weighted by Crippen LogP contribution is 2.23. The van der Waals surface area contributed by atoms with Crippen LogP contribution in [0.1, 0.15) is 0 Å². The van der Waals surface area contributed by atoms with Crippen LogP contribution in [0.4, 0.5) is 20.4 Å². The number of hydrogen-bond donors (Lipinski definition) is 2. The fourth-order valence-corrected chi connectivity index (χ4v) is 1.68. The van der Waals surface area contributed by atoms with Gasteiger partial charge < -0.3 is 11.1 Å². The first-order chi connectivity index (χ1) is 8.95. The molecule has 0 saturated heterocycles. The van der Waals surface area contributed by atoms with E-state index >= 15 is 0 Å². The van der Waals surface area contributed by atoms with E-state index in [-0.39, 0.29) is 22.7 Å². The van der Waals surface area contributed by atoms with E-state index in [9.17, 15) is 13.6 Å². The van der Waals surface area contributed by atoms with Crippen LogP contribution in [0, 0.1) is 11.6 Å². The molecule has 100 valence electrons. The van der Waals surface area contributed by atoms with Crippen molar-refractivity contribution in [3.05, 3.63) is 34.6 Å². The normalized spacial score (nSPS) is 10.5. The third kappa shape index (κ3) is 3.25. The van der Waals surface area contributed by atoms with Crippen LogP contribution in [0.5, 0.6) is 0 Å². The van der Waals surface area contributed by atoms with E-state index in [2.05, 4.69) is 31.3 Å². The summed E-state index contributed by atoms with van der Waals surface area (Å²) in [5.74, 6) is -2.13. The molecule has 0 spiro atoms. The van der Waals surface area contributed by atoms with Crippen molar-refractivity contribution in [2.45, 2.75) is 6.54 Å². The van der Waals surface area contributed by atoms with E-state index in [0.717, 1.165) is 6.07 Å². The number of nitrogen functional groups attached to an aromatic ring is 1. The number of carbonyl (C=O) groups is 1. The second-order valence-electron chi connectivity index (χ2n) is 3.59. The van der Waals surface area contributed by atoms with Gasteiger partial charge in [-0.25, -0.2) is 18.4 Å². The van der Waals surface area contributed by atoms with Crippen molar-refractivity contribution in [1.82, 2.24) is 14.8 Å². The number of carbonyl (C=O) groups excluding carboxylic acids is 1. The topological polar surface area (TPSA) is 85.8 Å². The van der Waals surface area contributed by atoms with Gasteiger partial charge in [0.25, 0.3) is 0 Å². The molecule has 0 unspecified atom stereocenters. The van der Waals surface area contributed by atoms with Gasteiger partial charge in [0.15, 0.2) is 0 Å². The Labute approximate surface area is 114 Å². The van der Waals surface area contributed by atoms with Crippen LogP contribution in [-0.4, -0.2) is 20.7 Å². The second kappa shape index (κ2) is 5.31. The predicted molar refractivity (Wildman–Crippen MR) is 67.1 cm³/mol. The standard InChI is InChI=1S/C10H8BrF2N5O/c11-5-1-8(7(13)2-6(5)12)16-9(19)3-18-4-15-10(14)17-18/h1-2,4H,3H2,(H2,14,17)(H,16,19). The monoisotopic (exact) mass is 331 g/mol. The van der Waals surface area contributed by atoms with Crippen molar-refractivity contribution < 1.29 is 13.6 Å². The van der Waals surface area contributed by atoms with Gasteiger partial charge in [-0.1, -0.05) is 0 Å². The number of nitrogens with one attached hydrogen (secondary N) is 1. The molecule has 1 aromatic heterocycles. The van der Waals surface area contributed by atoms with Crippen molar-refractivity contribution >= 4 is 33.5 Å². The van der Waals surface area contributed by atoms with Gasteiger partial charge in [-0.3, -0.25) is 4.79 Å². The number of nitrogens with zero attached hydrogens (tertiary/aromatic N) is 3. The van der Waals surface area contributed by atoms with E-state index in [1.165, 1.54) is 11.0 Å². The zero-order valence-corrected chi connectivity index (χ0v) is 11.0. The summed E-state index contributed by atoms with van der Waals surface area (Å²) in [6.07, 6.45) is 1.27. The number of anilines is 2. The minimum absolute atomic E-state index is 0.0310. The summed E-state index contributed by atoms with van der Waals surface area (Å²) in [5, 5.41) is 6.00.